The van der Waals surface area contributed by atoms with Gasteiger partial charge in [-0.1, -0.05) is 0 Å². The first-order chi connectivity index (χ1) is 10.2. The smallest absolute Gasteiger partial charge is 0.220 e. The average Bonchev–Trinajstić information content (AvgIpc) is 2.67. The molecule has 6 heteroatoms. The van der Waals surface area contributed by atoms with Crippen molar-refractivity contribution in [2.24, 2.45) is 7.05 Å². The summed E-state index contributed by atoms with van der Waals surface area (Å²) < 4.78 is 1.84. The number of aryl methyl sites for hydroxylation is 2. The van der Waals surface area contributed by atoms with Gasteiger partial charge in [0, 0.05) is 38.2 Å². The Balaban J connectivity index is 2.50. The van der Waals surface area contributed by atoms with Gasteiger partial charge in [0.15, 0.2) is 0 Å². The molecule has 0 bridgehead atoms. The summed E-state index contributed by atoms with van der Waals surface area (Å²) in [5.74, 6) is -0.00602. The highest BCUT2D eigenvalue weighted by Crippen LogP contribution is 2.15. The average molecular weight is 308 g/mol. The fraction of sp³-hybridized carbons (Fsp3) is 0.688. The number of carbonyl (C=O) groups is 2. The number of amides is 2. The highest BCUT2D eigenvalue weighted by atomic mass is 16.2. The van der Waals surface area contributed by atoms with Crippen LogP contribution in [-0.2, 0) is 23.1 Å². The molecule has 0 fully saturated rings. The van der Waals surface area contributed by atoms with Crippen LogP contribution in [0, 0.1) is 13.8 Å². The van der Waals surface area contributed by atoms with Gasteiger partial charge < -0.3 is 10.6 Å². The van der Waals surface area contributed by atoms with Crippen molar-refractivity contribution in [1.82, 2.24) is 20.4 Å². The molecule has 0 aliphatic carbocycles. The standard InChI is InChI=1S/C16H28N4O2/c1-11-13(12(2)20(6)19-11)7-8-15(22)18-16(3,4)10-9-14(21)17-5/h7-10H2,1-6H3,(H,17,21)(H,18,22). The molecule has 0 saturated heterocycles. The maximum atomic E-state index is 12.1. The lowest BCUT2D eigenvalue weighted by Gasteiger charge is -2.26. The molecular weight excluding hydrogens is 280 g/mol. The van der Waals surface area contributed by atoms with E-state index in [2.05, 4.69) is 15.7 Å². The van der Waals surface area contributed by atoms with Crippen molar-refractivity contribution in [3.63, 3.8) is 0 Å². The summed E-state index contributed by atoms with van der Waals surface area (Å²) in [5.41, 5.74) is 2.83. The summed E-state index contributed by atoms with van der Waals surface area (Å²) >= 11 is 0. The van der Waals surface area contributed by atoms with E-state index in [1.54, 1.807) is 7.05 Å². The topological polar surface area (TPSA) is 76.0 Å². The van der Waals surface area contributed by atoms with Crippen molar-refractivity contribution in [1.29, 1.82) is 0 Å². The fourth-order valence-electron chi connectivity index (χ4n) is 2.47. The van der Waals surface area contributed by atoms with Crippen LogP contribution in [0.5, 0.6) is 0 Å². The lowest BCUT2D eigenvalue weighted by Crippen LogP contribution is -2.44. The van der Waals surface area contributed by atoms with Gasteiger partial charge in [-0.3, -0.25) is 14.3 Å². The van der Waals surface area contributed by atoms with Crippen molar-refractivity contribution in [2.75, 3.05) is 7.05 Å². The van der Waals surface area contributed by atoms with E-state index in [0.717, 1.165) is 17.0 Å². The second-order valence-electron chi connectivity index (χ2n) is 6.38. The van der Waals surface area contributed by atoms with Crippen molar-refractivity contribution in [2.45, 2.75) is 58.9 Å². The first-order valence-corrected chi connectivity index (χ1v) is 7.67. The van der Waals surface area contributed by atoms with Crippen LogP contribution in [0.2, 0.25) is 0 Å². The van der Waals surface area contributed by atoms with Crippen LogP contribution in [0.15, 0.2) is 0 Å². The summed E-state index contributed by atoms with van der Waals surface area (Å²) in [5, 5.41) is 9.96. The van der Waals surface area contributed by atoms with E-state index in [4.69, 9.17) is 0 Å². The molecule has 0 aromatic carbocycles. The first-order valence-electron chi connectivity index (χ1n) is 7.67. The third kappa shape index (κ3) is 5.16. The Hall–Kier alpha value is -1.85. The molecule has 0 radical (unpaired) electrons. The number of hydrogen-bond donors (Lipinski definition) is 2. The van der Waals surface area contributed by atoms with E-state index >= 15 is 0 Å². The summed E-state index contributed by atoms with van der Waals surface area (Å²) in [4.78, 5) is 23.4. The Bertz CT molecular complexity index is 547. The first kappa shape index (κ1) is 18.2. The number of carbonyl (C=O) groups excluding carboxylic acids is 2. The molecule has 1 heterocycles. The molecule has 0 spiro atoms. The molecule has 0 saturated carbocycles. The maximum Gasteiger partial charge on any atom is 0.220 e. The van der Waals surface area contributed by atoms with E-state index in [1.165, 1.54) is 0 Å². The summed E-state index contributed by atoms with van der Waals surface area (Å²) in [6.07, 6.45) is 2.13. The number of nitrogens with one attached hydrogen (secondary N) is 2. The van der Waals surface area contributed by atoms with Gasteiger partial charge >= 0.3 is 0 Å². The molecule has 1 aromatic heterocycles. The van der Waals surface area contributed by atoms with Gasteiger partial charge in [0.2, 0.25) is 11.8 Å². The van der Waals surface area contributed by atoms with Crippen molar-refractivity contribution in [3.05, 3.63) is 17.0 Å². The molecule has 1 aromatic rings. The predicted octanol–water partition coefficient (Wildman–Crippen LogP) is 1.39. The molecule has 0 unspecified atom stereocenters. The van der Waals surface area contributed by atoms with E-state index in [0.29, 0.717) is 25.7 Å². The third-order valence-corrected chi connectivity index (χ3v) is 3.99. The Morgan fingerprint density at radius 2 is 1.82 bits per heavy atom. The summed E-state index contributed by atoms with van der Waals surface area (Å²) in [7, 11) is 3.53. The van der Waals surface area contributed by atoms with Gasteiger partial charge in [0.25, 0.3) is 0 Å². The van der Waals surface area contributed by atoms with Crippen LogP contribution < -0.4 is 10.6 Å². The van der Waals surface area contributed by atoms with Gasteiger partial charge in [0.05, 0.1) is 5.69 Å². The summed E-state index contributed by atoms with van der Waals surface area (Å²) in [6, 6.07) is 0. The lowest BCUT2D eigenvalue weighted by molar-refractivity contribution is -0.124. The van der Waals surface area contributed by atoms with Gasteiger partial charge in [-0.15, -0.1) is 0 Å². The molecule has 0 atom stereocenters. The Kier molecular flexibility index (Phi) is 6.14. The van der Waals surface area contributed by atoms with Gasteiger partial charge in [-0.05, 0) is 46.1 Å². The zero-order valence-electron chi connectivity index (χ0n) is 14.5. The van der Waals surface area contributed by atoms with Crippen LogP contribution >= 0.6 is 0 Å². The Morgan fingerprint density at radius 3 is 2.32 bits per heavy atom. The van der Waals surface area contributed by atoms with Crippen LogP contribution in [0.1, 0.15) is 50.1 Å². The Morgan fingerprint density at radius 1 is 1.18 bits per heavy atom. The van der Waals surface area contributed by atoms with Gasteiger partial charge in [-0.2, -0.15) is 5.10 Å². The minimum Gasteiger partial charge on any atom is -0.359 e. The van der Waals surface area contributed by atoms with Crippen molar-refractivity contribution < 1.29 is 9.59 Å². The van der Waals surface area contributed by atoms with Crippen LogP contribution in [-0.4, -0.2) is 34.2 Å². The SMILES string of the molecule is CNC(=O)CCC(C)(C)NC(=O)CCc1c(C)nn(C)c1C. The lowest BCUT2D eigenvalue weighted by atomic mass is 9.97. The number of nitrogens with zero attached hydrogens (tertiary/aromatic N) is 2. The van der Waals surface area contributed by atoms with E-state index in [9.17, 15) is 9.59 Å². The summed E-state index contributed by atoms with van der Waals surface area (Å²) in [6.45, 7) is 7.86. The normalized spacial score (nSPS) is 11.4. The van der Waals surface area contributed by atoms with Crippen molar-refractivity contribution >= 4 is 11.8 Å². The number of aromatic nitrogens is 2. The predicted molar refractivity (Wildman–Crippen MR) is 86.5 cm³/mol. The van der Waals surface area contributed by atoms with Crippen LogP contribution in [0.4, 0.5) is 0 Å². The number of rotatable bonds is 7. The largest absolute Gasteiger partial charge is 0.359 e. The zero-order chi connectivity index (χ0) is 16.9. The highest BCUT2D eigenvalue weighted by Gasteiger charge is 2.21. The molecule has 2 N–H and O–H groups in total. The third-order valence-electron chi connectivity index (χ3n) is 3.99. The van der Waals surface area contributed by atoms with E-state index < -0.39 is 0 Å². The molecule has 0 aliphatic heterocycles. The molecule has 1 rings (SSSR count). The van der Waals surface area contributed by atoms with Crippen LogP contribution in [0.25, 0.3) is 0 Å². The maximum absolute atomic E-state index is 12.1. The number of hydrogen-bond acceptors (Lipinski definition) is 3. The second kappa shape index (κ2) is 7.42. The zero-order valence-corrected chi connectivity index (χ0v) is 14.5. The molecule has 0 aliphatic rings. The molecule has 124 valence electrons. The molecule has 22 heavy (non-hydrogen) atoms. The minimum atomic E-state index is -0.386. The van der Waals surface area contributed by atoms with Crippen molar-refractivity contribution in [3.8, 4) is 0 Å². The molecule has 2 amide bonds. The fourth-order valence-corrected chi connectivity index (χ4v) is 2.47. The Labute approximate surface area is 132 Å². The van der Waals surface area contributed by atoms with E-state index in [1.807, 2.05) is 39.4 Å². The highest BCUT2D eigenvalue weighted by molar-refractivity contribution is 5.78. The van der Waals surface area contributed by atoms with Gasteiger partial charge in [-0.25, -0.2) is 0 Å². The minimum absolute atomic E-state index is 0.00422. The molecular formula is C16H28N4O2. The second-order valence-corrected chi connectivity index (χ2v) is 6.38. The molecule has 6 nitrogen and oxygen atoms in total. The van der Waals surface area contributed by atoms with Crippen LogP contribution in [0.3, 0.4) is 0 Å². The van der Waals surface area contributed by atoms with E-state index in [-0.39, 0.29) is 17.4 Å². The van der Waals surface area contributed by atoms with Gasteiger partial charge in [0.1, 0.15) is 0 Å². The quantitative estimate of drug-likeness (QED) is 0.799. The monoisotopic (exact) mass is 308 g/mol.